The van der Waals surface area contributed by atoms with Crippen LogP contribution in [-0.2, 0) is 19.4 Å². The summed E-state index contributed by atoms with van der Waals surface area (Å²) < 4.78 is 28.9. The van der Waals surface area contributed by atoms with Gasteiger partial charge < -0.3 is 4.74 Å². The molecule has 0 bridgehead atoms. The molecule has 0 N–H and O–H groups in total. The van der Waals surface area contributed by atoms with Crippen molar-refractivity contribution in [1.82, 2.24) is 0 Å². The number of hydrogen-bond donors (Lipinski definition) is 0. The van der Waals surface area contributed by atoms with Crippen molar-refractivity contribution in [3.8, 4) is 0 Å². The zero-order valence-electron chi connectivity index (χ0n) is 11.3. The normalized spacial score (nSPS) is 12.3. The van der Waals surface area contributed by atoms with Crippen LogP contribution in [0.5, 0.6) is 0 Å². The maximum absolute atomic E-state index is 12.1. The quantitative estimate of drug-likeness (QED) is 0.614. The number of hydrogen-bond acceptors (Lipinski definition) is 4. The van der Waals surface area contributed by atoms with Crippen molar-refractivity contribution in [2.45, 2.75) is 25.7 Å². The lowest BCUT2D eigenvalue weighted by Crippen LogP contribution is -2.09. The smallest absolute Gasteiger partial charge is 0.302 e. The molecule has 4 nitrogen and oxygen atoms in total. The van der Waals surface area contributed by atoms with Crippen LogP contribution in [0.2, 0.25) is 0 Å². The van der Waals surface area contributed by atoms with E-state index in [9.17, 15) is 13.2 Å². The van der Waals surface area contributed by atoms with E-state index in [-0.39, 0.29) is 18.3 Å². The molecule has 19 heavy (non-hydrogen) atoms. The molecule has 1 aromatic rings. The van der Waals surface area contributed by atoms with Crippen LogP contribution in [0.25, 0.3) is 0 Å². The van der Waals surface area contributed by atoms with Gasteiger partial charge in [0, 0.05) is 6.92 Å². The lowest BCUT2D eigenvalue weighted by Gasteiger charge is -2.05. The summed E-state index contributed by atoms with van der Waals surface area (Å²) in [6.45, 7) is 5.02. The number of carbonyl (C=O) groups is 1. The molecule has 0 unspecified atom stereocenters. The van der Waals surface area contributed by atoms with Gasteiger partial charge in [0.05, 0.1) is 10.6 Å². The van der Waals surface area contributed by atoms with E-state index in [1.165, 1.54) is 6.92 Å². The van der Waals surface area contributed by atoms with E-state index in [0.29, 0.717) is 10.5 Å². The predicted molar refractivity (Wildman–Crippen MR) is 73.6 cm³/mol. The van der Waals surface area contributed by atoms with E-state index in [0.717, 1.165) is 5.56 Å². The minimum atomic E-state index is -3.34. The van der Waals surface area contributed by atoms with Gasteiger partial charge in [-0.2, -0.15) is 0 Å². The molecular formula is C14H18O4S. The van der Waals surface area contributed by atoms with Crippen molar-refractivity contribution in [1.29, 1.82) is 0 Å². The van der Waals surface area contributed by atoms with Crippen LogP contribution < -0.4 is 0 Å². The third-order valence-corrected chi connectivity index (χ3v) is 4.34. The molecule has 0 saturated carbocycles. The van der Waals surface area contributed by atoms with Gasteiger partial charge in [-0.25, -0.2) is 8.42 Å². The largest absolute Gasteiger partial charge is 0.462 e. The third kappa shape index (κ3) is 5.26. The highest BCUT2D eigenvalue weighted by Crippen LogP contribution is 2.14. The minimum absolute atomic E-state index is 0.0721. The first-order valence-electron chi connectivity index (χ1n) is 5.89. The Balaban J connectivity index is 2.74. The van der Waals surface area contributed by atoms with Crippen molar-refractivity contribution < 1.29 is 17.9 Å². The summed E-state index contributed by atoms with van der Waals surface area (Å²) in [7, 11) is -3.34. The first kappa shape index (κ1) is 15.4. The second-order valence-corrected chi connectivity index (χ2v) is 6.41. The summed E-state index contributed by atoms with van der Waals surface area (Å²) in [6.07, 6.45) is 1.60. The molecule has 0 amide bonds. The summed E-state index contributed by atoms with van der Waals surface area (Å²) in [5.41, 5.74) is 1.67. The second kappa shape index (κ2) is 6.52. The summed E-state index contributed by atoms with van der Waals surface area (Å²) in [6, 6.07) is 6.74. The molecular weight excluding hydrogens is 264 g/mol. The average molecular weight is 282 g/mol. The Kier molecular flexibility index (Phi) is 5.30. The van der Waals surface area contributed by atoms with Gasteiger partial charge in [-0.15, -0.1) is 0 Å². The van der Waals surface area contributed by atoms with Crippen molar-refractivity contribution in [3.63, 3.8) is 0 Å². The maximum Gasteiger partial charge on any atom is 0.302 e. The predicted octanol–water partition coefficient (Wildman–Crippen LogP) is 2.28. The topological polar surface area (TPSA) is 60.4 Å². The van der Waals surface area contributed by atoms with Crippen molar-refractivity contribution in [3.05, 3.63) is 41.5 Å². The molecule has 0 atom stereocenters. The molecule has 0 aromatic heterocycles. The first-order valence-corrected chi connectivity index (χ1v) is 7.55. The van der Waals surface area contributed by atoms with Crippen LogP contribution in [0.15, 0.2) is 40.8 Å². The number of benzene rings is 1. The van der Waals surface area contributed by atoms with Crippen LogP contribution in [0.4, 0.5) is 0 Å². The van der Waals surface area contributed by atoms with Crippen LogP contribution in [0.3, 0.4) is 0 Å². The van der Waals surface area contributed by atoms with E-state index in [1.807, 2.05) is 6.92 Å². The second-order valence-electron chi connectivity index (χ2n) is 4.43. The van der Waals surface area contributed by atoms with E-state index < -0.39 is 9.84 Å². The van der Waals surface area contributed by atoms with Crippen molar-refractivity contribution in [2.24, 2.45) is 0 Å². The summed E-state index contributed by atoms with van der Waals surface area (Å²) in [5.74, 6) is -0.456. The number of esters is 1. The van der Waals surface area contributed by atoms with Gasteiger partial charge in [0.1, 0.15) is 6.61 Å². The van der Waals surface area contributed by atoms with Crippen molar-refractivity contribution in [2.75, 3.05) is 12.4 Å². The molecule has 0 aliphatic heterocycles. The molecule has 1 rings (SSSR count). The molecule has 0 aliphatic rings. The molecule has 1 aromatic carbocycles. The Hall–Kier alpha value is -1.62. The maximum atomic E-state index is 12.1. The third-order valence-electron chi connectivity index (χ3n) is 2.52. The SMILES string of the molecule is CC(=O)OC/C=C(\C)CS(=O)(=O)c1ccc(C)cc1. The average Bonchev–Trinajstić information content (AvgIpc) is 2.28. The van der Waals surface area contributed by atoms with Gasteiger partial charge in [-0.1, -0.05) is 23.3 Å². The molecule has 0 aliphatic carbocycles. The molecule has 104 valence electrons. The zero-order valence-corrected chi connectivity index (χ0v) is 12.2. The molecule has 0 fully saturated rings. The molecule has 5 heteroatoms. The molecule has 0 radical (unpaired) electrons. The Morgan fingerprint density at radius 1 is 1.21 bits per heavy atom. The first-order chi connectivity index (χ1) is 8.81. The Bertz CT molecular complexity index is 568. The summed E-state index contributed by atoms with van der Waals surface area (Å²) in [4.78, 5) is 10.9. The fraction of sp³-hybridized carbons (Fsp3) is 0.357. The molecule has 0 heterocycles. The van der Waals surface area contributed by atoms with Gasteiger partial charge in [0.2, 0.25) is 0 Å². The van der Waals surface area contributed by atoms with E-state index in [4.69, 9.17) is 4.74 Å². The highest BCUT2D eigenvalue weighted by molar-refractivity contribution is 7.91. The van der Waals surface area contributed by atoms with Gasteiger partial charge in [-0.05, 0) is 32.1 Å². The van der Waals surface area contributed by atoms with Crippen LogP contribution >= 0.6 is 0 Å². The van der Waals surface area contributed by atoms with E-state index in [2.05, 4.69) is 0 Å². The lowest BCUT2D eigenvalue weighted by molar-refractivity contribution is -0.139. The Morgan fingerprint density at radius 2 is 1.79 bits per heavy atom. The monoisotopic (exact) mass is 282 g/mol. The lowest BCUT2D eigenvalue weighted by atomic mass is 10.2. The minimum Gasteiger partial charge on any atom is -0.462 e. The number of ether oxygens (including phenoxy) is 1. The highest BCUT2D eigenvalue weighted by Gasteiger charge is 2.14. The van der Waals surface area contributed by atoms with Gasteiger partial charge in [0.25, 0.3) is 0 Å². The Morgan fingerprint density at radius 3 is 2.32 bits per heavy atom. The summed E-state index contributed by atoms with van der Waals surface area (Å²) in [5, 5.41) is 0. The zero-order chi connectivity index (χ0) is 14.5. The van der Waals surface area contributed by atoms with Crippen molar-refractivity contribution >= 4 is 15.8 Å². The number of aryl methyl sites for hydroxylation is 1. The van der Waals surface area contributed by atoms with Crippen LogP contribution in [-0.4, -0.2) is 26.7 Å². The number of carbonyl (C=O) groups excluding carboxylic acids is 1. The Labute approximate surface area is 114 Å². The fourth-order valence-electron chi connectivity index (χ4n) is 1.49. The van der Waals surface area contributed by atoms with E-state index >= 15 is 0 Å². The van der Waals surface area contributed by atoms with Crippen LogP contribution in [0.1, 0.15) is 19.4 Å². The highest BCUT2D eigenvalue weighted by atomic mass is 32.2. The standard InChI is InChI=1S/C14H18O4S/c1-11-4-6-14(7-5-11)19(16,17)10-12(2)8-9-18-13(3)15/h4-8H,9-10H2,1-3H3/b12-8+. The van der Waals surface area contributed by atoms with Gasteiger partial charge >= 0.3 is 5.97 Å². The number of rotatable bonds is 5. The summed E-state index contributed by atoms with van der Waals surface area (Å²) >= 11 is 0. The van der Waals surface area contributed by atoms with Crippen LogP contribution in [0, 0.1) is 6.92 Å². The van der Waals surface area contributed by atoms with Gasteiger partial charge in [0.15, 0.2) is 9.84 Å². The fourth-order valence-corrected chi connectivity index (χ4v) is 2.92. The molecule has 0 saturated heterocycles. The number of sulfone groups is 1. The van der Waals surface area contributed by atoms with Gasteiger partial charge in [-0.3, -0.25) is 4.79 Å². The molecule has 0 spiro atoms. The van der Waals surface area contributed by atoms with E-state index in [1.54, 1.807) is 37.3 Å².